The maximum atomic E-state index is 13.2. The smallest absolute Gasteiger partial charge is 0.200 e. The third-order valence-corrected chi connectivity index (χ3v) is 2.88. The molecule has 0 aliphatic rings. The lowest BCUT2D eigenvalue weighted by Crippen LogP contribution is -2.19. The van der Waals surface area contributed by atoms with Gasteiger partial charge in [0.15, 0.2) is 0 Å². The molecule has 108 valence electrons. The fourth-order valence-electron chi connectivity index (χ4n) is 1.24. The van der Waals surface area contributed by atoms with Crippen LogP contribution in [0, 0.1) is 0 Å². The summed E-state index contributed by atoms with van der Waals surface area (Å²) in [7, 11) is 0. The van der Waals surface area contributed by atoms with E-state index in [9.17, 15) is 35.1 Å². The normalized spacial score (nSPS) is 13.7. The van der Waals surface area contributed by atoms with Gasteiger partial charge in [-0.2, -0.15) is 26.3 Å². The number of alkyl halides is 9. The molecular weight excluding hydrogens is 352 g/mol. The Bertz CT molecular complexity index is 427. The van der Waals surface area contributed by atoms with E-state index in [1.54, 1.807) is 0 Å². The molecule has 0 radical (unpaired) electrons. The van der Waals surface area contributed by atoms with E-state index in [-0.39, 0.29) is 18.2 Å². The van der Waals surface area contributed by atoms with E-state index in [4.69, 9.17) is 0 Å². The molecule has 0 amide bonds. The number of benzene rings is 1. The highest BCUT2D eigenvalue weighted by molar-refractivity contribution is 9.09. The minimum absolute atomic E-state index is 0.0104. The molecule has 1 aromatic carbocycles. The Hall–Kier alpha value is -0.860. The molecule has 0 nitrogen and oxygen atoms in total. The van der Waals surface area contributed by atoms with E-state index >= 15 is 0 Å². The van der Waals surface area contributed by atoms with Crippen molar-refractivity contribution in [1.82, 2.24) is 0 Å². The third-order valence-electron chi connectivity index (χ3n) is 2.18. The van der Waals surface area contributed by atoms with Gasteiger partial charge in [-0.25, -0.2) is 8.78 Å². The van der Waals surface area contributed by atoms with Gasteiger partial charge >= 0.3 is 12.4 Å². The standard InChI is InChI=1S/C10H5BrF8/c11-4-8(12,13)5-1-6(9(14,15)16)3-7(2-5)10(17,18)19/h1-3H,4H2. The Kier molecular flexibility index (Phi) is 4.19. The van der Waals surface area contributed by atoms with Crippen molar-refractivity contribution in [2.24, 2.45) is 0 Å². The topological polar surface area (TPSA) is 0 Å². The number of halogens is 9. The summed E-state index contributed by atoms with van der Waals surface area (Å²) in [6.45, 7) is 0. The molecule has 19 heavy (non-hydrogen) atoms. The summed E-state index contributed by atoms with van der Waals surface area (Å²) in [4.78, 5) is 0. The van der Waals surface area contributed by atoms with E-state index in [0.717, 1.165) is 0 Å². The molecule has 0 atom stereocenters. The lowest BCUT2D eigenvalue weighted by molar-refractivity contribution is -0.143. The van der Waals surface area contributed by atoms with Gasteiger partial charge in [-0.1, -0.05) is 15.9 Å². The average Bonchev–Trinajstić information content (AvgIpc) is 2.26. The molecule has 0 heterocycles. The first-order chi connectivity index (χ1) is 8.38. The minimum atomic E-state index is -5.14. The number of rotatable bonds is 2. The first kappa shape index (κ1) is 16.2. The average molecular weight is 357 g/mol. The molecule has 0 unspecified atom stereocenters. The van der Waals surface area contributed by atoms with Crippen LogP contribution in [0.15, 0.2) is 18.2 Å². The van der Waals surface area contributed by atoms with E-state index < -0.39 is 40.3 Å². The van der Waals surface area contributed by atoms with Gasteiger partial charge in [0.2, 0.25) is 0 Å². The summed E-state index contributed by atoms with van der Waals surface area (Å²) >= 11 is 2.35. The SMILES string of the molecule is FC(F)(F)c1cc(C(F)(F)F)cc(C(F)(F)CBr)c1. The highest BCUT2D eigenvalue weighted by Crippen LogP contribution is 2.40. The van der Waals surface area contributed by atoms with Crippen molar-refractivity contribution >= 4 is 15.9 Å². The molecule has 9 heteroatoms. The van der Waals surface area contributed by atoms with Gasteiger partial charge in [-0.05, 0) is 18.2 Å². The molecule has 1 aromatic rings. The summed E-state index contributed by atoms with van der Waals surface area (Å²) in [6.07, 6.45) is -10.3. The van der Waals surface area contributed by atoms with Gasteiger partial charge in [0, 0.05) is 5.56 Å². The largest absolute Gasteiger partial charge is 0.416 e. The van der Waals surface area contributed by atoms with Crippen molar-refractivity contribution in [3.63, 3.8) is 0 Å². The zero-order valence-electron chi connectivity index (χ0n) is 8.84. The summed E-state index contributed by atoms with van der Waals surface area (Å²) < 4.78 is 101. The molecule has 0 bridgehead atoms. The molecule has 0 aliphatic heterocycles. The van der Waals surface area contributed by atoms with Crippen molar-refractivity contribution in [2.45, 2.75) is 18.3 Å². The third kappa shape index (κ3) is 3.80. The van der Waals surface area contributed by atoms with Crippen LogP contribution >= 0.6 is 15.9 Å². The molecule has 0 N–H and O–H groups in total. The van der Waals surface area contributed by atoms with Crippen LogP contribution in [0.3, 0.4) is 0 Å². The predicted molar refractivity (Wildman–Crippen MR) is 54.1 cm³/mol. The number of hydrogen-bond acceptors (Lipinski definition) is 0. The first-order valence-electron chi connectivity index (χ1n) is 4.61. The zero-order chi connectivity index (χ0) is 15.1. The van der Waals surface area contributed by atoms with Crippen molar-refractivity contribution in [3.8, 4) is 0 Å². The minimum Gasteiger partial charge on any atom is -0.200 e. The molecule has 0 fully saturated rings. The lowest BCUT2D eigenvalue weighted by Gasteiger charge is -2.18. The highest BCUT2D eigenvalue weighted by Gasteiger charge is 2.40. The Morgan fingerprint density at radius 2 is 1.00 bits per heavy atom. The van der Waals surface area contributed by atoms with Crippen LogP contribution in [0.5, 0.6) is 0 Å². The summed E-state index contributed by atoms with van der Waals surface area (Å²) in [6, 6.07) is -0.180. The van der Waals surface area contributed by atoms with Gasteiger partial charge in [0.05, 0.1) is 16.5 Å². The lowest BCUT2D eigenvalue weighted by atomic mass is 10.0. The summed E-state index contributed by atoms with van der Waals surface area (Å²) in [5, 5.41) is -1.08. The number of hydrogen-bond donors (Lipinski definition) is 0. The monoisotopic (exact) mass is 356 g/mol. The van der Waals surface area contributed by atoms with Crippen molar-refractivity contribution in [3.05, 3.63) is 34.9 Å². The van der Waals surface area contributed by atoms with Gasteiger partial charge < -0.3 is 0 Å². The molecule has 0 aliphatic carbocycles. The first-order valence-corrected chi connectivity index (χ1v) is 5.74. The van der Waals surface area contributed by atoms with Crippen molar-refractivity contribution in [1.29, 1.82) is 0 Å². The maximum absolute atomic E-state index is 13.2. The summed E-state index contributed by atoms with van der Waals surface area (Å²) in [5.74, 6) is -3.83. The zero-order valence-corrected chi connectivity index (χ0v) is 10.4. The second kappa shape index (κ2) is 4.92. The van der Waals surface area contributed by atoms with E-state index in [1.165, 1.54) is 0 Å². The van der Waals surface area contributed by atoms with Crippen LogP contribution in [-0.4, -0.2) is 5.33 Å². The van der Waals surface area contributed by atoms with Crippen LogP contribution in [0.2, 0.25) is 0 Å². The Morgan fingerprint density at radius 1 is 0.684 bits per heavy atom. The van der Waals surface area contributed by atoms with Crippen LogP contribution in [-0.2, 0) is 18.3 Å². The van der Waals surface area contributed by atoms with Crippen LogP contribution in [0.1, 0.15) is 16.7 Å². The fraction of sp³-hybridized carbons (Fsp3) is 0.400. The molecule has 0 spiro atoms. The Balaban J connectivity index is 3.51. The molecule has 0 aromatic heterocycles. The molecule has 0 saturated heterocycles. The van der Waals surface area contributed by atoms with Crippen LogP contribution < -0.4 is 0 Å². The van der Waals surface area contributed by atoms with Gasteiger partial charge in [-0.15, -0.1) is 0 Å². The van der Waals surface area contributed by atoms with E-state index in [2.05, 4.69) is 15.9 Å². The van der Waals surface area contributed by atoms with Crippen LogP contribution in [0.4, 0.5) is 35.1 Å². The van der Waals surface area contributed by atoms with E-state index in [1.807, 2.05) is 0 Å². The van der Waals surface area contributed by atoms with Crippen molar-refractivity contribution in [2.75, 3.05) is 5.33 Å². The van der Waals surface area contributed by atoms with Crippen LogP contribution in [0.25, 0.3) is 0 Å². The fourth-order valence-corrected chi connectivity index (χ4v) is 1.57. The van der Waals surface area contributed by atoms with Gasteiger partial charge in [0.1, 0.15) is 0 Å². The maximum Gasteiger partial charge on any atom is 0.416 e. The highest BCUT2D eigenvalue weighted by atomic mass is 79.9. The molecular formula is C10H5BrF8. The molecule has 0 saturated carbocycles. The quantitative estimate of drug-likeness (QED) is 0.504. The molecule has 1 rings (SSSR count). The van der Waals surface area contributed by atoms with Crippen molar-refractivity contribution < 1.29 is 35.1 Å². The van der Waals surface area contributed by atoms with Gasteiger partial charge in [-0.3, -0.25) is 0 Å². The van der Waals surface area contributed by atoms with Gasteiger partial charge in [0.25, 0.3) is 5.92 Å². The summed E-state index contributed by atoms with van der Waals surface area (Å²) in [5.41, 5.74) is -4.87. The Labute approximate surface area is 110 Å². The second-order valence-electron chi connectivity index (χ2n) is 3.63. The second-order valence-corrected chi connectivity index (χ2v) is 4.19. The predicted octanol–water partition coefficient (Wildman–Crippen LogP) is 5.21. The Morgan fingerprint density at radius 3 is 1.26 bits per heavy atom. The van der Waals surface area contributed by atoms with E-state index in [0.29, 0.717) is 0 Å².